The monoisotopic (exact) mass is 702 g/mol. The summed E-state index contributed by atoms with van der Waals surface area (Å²) in [5.41, 5.74) is 19.5. The first-order valence-corrected chi connectivity index (χ1v) is 19.6. The maximum absolute atomic E-state index is 2.54. The topological polar surface area (TPSA) is 8.17 Å². The zero-order valence-electron chi connectivity index (χ0n) is 30.7. The van der Waals surface area contributed by atoms with E-state index in [4.69, 9.17) is 0 Å². The molecule has 2 heteroatoms. The minimum absolute atomic E-state index is 0.0178. The van der Waals surface area contributed by atoms with Gasteiger partial charge >= 0.3 is 0 Å². The van der Waals surface area contributed by atoms with Crippen LogP contribution in [0.5, 0.6) is 0 Å². The highest BCUT2D eigenvalue weighted by Gasteiger charge is 2.58. The van der Waals surface area contributed by atoms with Crippen molar-refractivity contribution in [2.75, 3.05) is 4.90 Å². The lowest BCUT2D eigenvalue weighted by Gasteiger charge is -2.58. The van der Waals surface area contributed by atoms with Crippen LogP contribution in [0.4, 0.5) is 17.1 Å². The maximum Gasteiger partial charge on any atom is 0.0541 e. The van der Waals surface area contributed by atoms with Gasteiger partial charge in [0.1, 0.15) is 0 Å². The molecule has 4 aliphatic rings. The quantitative estimate of drug-likeness (QED) is 0.177. The minimum Gasteiger partial charge on any atom is -0.310 e. The van der Waals surface area contributed by atoms with Gasteiger partial charge in [0.25, 0.3) is 0 Å². The smallest absolute Gasteiger partial charge is 0.0541 e. The number of anilines is 3. The summed E-state index contributed by atoms with van der Waals surface area (Å²) < 4.78 is 2.38. The highest BCUT2D eigenvalue weighted by atomic mass is 15.2. The third-order valence-electron chi connectivity index (χ3n) is 13.2. The molecular weight excluding hydrogens is 665 g/mol. The largest absolute Gasteiger partial charge is 0.310 e. The number of rotatable bonds is 4. The molecule has 1 aromatic heterocycles. The first-order chi connectivity index (χ1) is 27.1. The molecule has 0 fully saturated rings. The Labute approximate surface area is 321 Å². The fourth-order valence-electron chi connectivity index (χ4n) is 10.7. The second-order valence-corrected chi connectivity index (χ2v) is 15.9. The first-order valence-electron chi connectivity index (χ1n) is 19.6. The molecule has 13 rings (SSSR count). The Morgan fingerprint density at radius 2 is 1.04 bits per heavy atom. The van der Waals surface area contributed by atoms with Crippen molar-refractivity contribution in [1.82, 2.24) is 4.57 Å². The fraction of sp³-hybridized carbons (Fsp3) is 0.0943. The van der Waals surface area contributed by atoms with E-state index in [2.05, 4.69) is 204 Å². The normalized spacial score (nSPS) is 19.0. The highest BCUT2D eigenvalue weighted by molar-refractivity contribution is 6.10. The summed E-state index contributed by atoms with van der Waals surface area (Å²) in [6, 6.07) is 70.2. The number of benzene rings is 8. The molecule has 2 heterocycles. The SMILES string of the molecule is CC12CCC3(c4cc(-c5ccccc5)ccc4N(c4ccc(-c5ccc6c(c5)c5ccccc5n6-c5ccccc5)cc4)c4cccc1c43)c1ccccc12. The molecule has 9 aromatic rings. The van der Waals surface area contributed by atoms with E-state index in [0.29, 0.717) is 0 Å². The van der Waals surface area contributed by atoms with Gasteiger partial charge in [0.2, 0.25) is 0 Å². The maximum atomic E-state index is 2.54. The van der Waals surface area contributed by atoms with E-state index in [1.54, 1.807) is 0 Å². The molecule has 2 nitrogen and oxygen atoms in total. The highest BCUT2D eigenvalue weighted by Crippen LogP contribution is 2.68. The Balaban J connectivity index is 1.03. The minimum atomic E-state index is -0.203. The second-order valence-electron chi connectivity index (χ2n) is 15.9. The standard InChI is InChI=1S/C53H38N2/c1-52-31-32-53(44-19-10-9-18-43(44)52)46-34-38(35-13-4-2-5-14-35)26-30-49(46)55(50-22-12-20-45(52)51(50)53)40-27-23-36(24-28-40)37-25-29-48-42(33-37)41-17-8-11-21-47(41)54(48)39-15-6-3-7-16-39/h2-30,33-34H,31-32H2,1H3. The van der Waals surface area contributed by atoms with Crippen LogP contribution >= 0.6 is 0 Å². The van der Waals surface area contributed by atoms with Crippen LogP contribution < -0.4 is 4.90 Å². The summed E-state index contributed by atoms with van der Waals surface area (Å²) in [7, 11) is 0. The molecule has 2 atom stereocenters. The first kappa shape index (κ1) is 30.8. The van der Waals surface area contributed by atoms with Gasteiger partial charge in [-0.25, -0.2) is 0 Å². The summed E-state index contributed by atoms with van der Waals surface area (Å²) >= 11 is 0. The number of fused-ring (bicyclic) bond motifs is 5. The predicted molar refractivity (Wildman–Crippen MR) is 228 cm³/mol. The van der Waals surface area contributed by atoms with E-state index in [9.17, 15) is 0 Å². The van der Waals surface area contributed by atoms with Crippen LogP contribution in [-0.2, 0) is 10.8 Å². The molecule has 1 spiro atoms. The lowest BCUT2D eigenvalue weighted by atomic mass is 9.46. The van der Waals surface area contributed by atoms with Crippen LogP contribution in [0.3, 0.4) is 0 Å². The van der Waals surface area contributed by atoms with Crippen molar-refractivity contribution in [2.24, 2.45) is 0 Å². The van der Waals surface area contributed by atoms with Gasteiger partial charge < -0.3 is 9.47 Å². The average Bonchev–Trinajstić information content (AvgIpc) is 3.59. The zero-order chi connectivity index (χ0) is 36.3. The molecule has 0 radical (unpaired) electrons. The summed E-state index contributed by atoms with van der Waals surface area (Å²) in [4.78, 5) is 2.54. The van der Waals surface area contributed by atoms with Gasteiger partial charge in [-0.2, -0.15) is 0 Å². The van der Waals surface area contributed by atoms with Gasteiger partial charge in [-0.15, -0.1) is 0 Å². The number of hydrogen-bond acceptors (Lipinski definition) is 1. The van der Waals surface area contributed by atoms with Crippen molar-refractivity contribution in [3.63, 3.8) is 0 Å². The second kappa shape index (κ2) is 11.2. The lowest BCUT2D eigenvalue weighted by molar-refractivity contribution is 0.343. The lowest BCUT2D eigenvalue weighted by Crippen LogP contribution is -2.51. The van der Waals surface area contributed by atoms with Gasteiger partial charge in [-0.3, -0.25) is 0 Å². The van der Waals surface area contributed by atoms with E-state index in [1.165, 1.54) is 94.6 Å². The molecule has 55 heavy (non-hydrogen) atoms. The summed E-state index contributed by atoms with van der Waals surface area (Å²) in [6.45, 7) is 2.48. The summed E-state index contributed by atoms with van der Waals surface area (Å²) in [5, 5.41) is 2.54. The van der Waals surface area contributed by atoms with E-state index in [1.807, 2.05) is 0 Å². The molecule has 1 aliphatic heterocycles. The molecule has 0 amide bonds. The fourth-order valence-corrected chi connectivity index (χ4v) is 10.7. The molecule has 0 saturated heterocycles. The Bertz CT molecular complexity index is 2990. The van der Waals surface area contributed by atoms with Gasteiger partial charge in [0, 0.05) is 33.0 Å². The van der Waals surface area contributed by atoms with Crippen molar-refractivity contribution in [3.8, 4) is 27.9 Å². The van der Waals surface area contributed by atoms with E-state index in [-0.39, 0.29) is 10.8 Å². The summed E-state index contributed by atoms with van der Waals surface area (Å²) in [5.74, 6) is 0. The van der Waals surface area contributed by atoms with Crippen LogP contribution in [0.15, 0.2) is 188 Å². The third kappa shape index (κ3) is 4.09. The van der Waals surface area contributed by atoms with Crippen molar-refractivity contribution in [1.29, 1.82) is 0 Å². The molecule has 0 saturated carbocycles. The van der Waals surface area contributed by atoms with E-state index >= 15 is 0 Å². The Morgan fingerprint density at radius 1 is 0.400 bits per heavy atom. The van der Waals surface area contributed by atoms with Crippen LogP contribution in [0.2, 0.25) is 0 Å². The predicted octanol–water partition coefficient (Wildman–Crippen LogP) is 13.6. The van der Waals surface area contributed by atoms with E-state index < -0.39 is 0 Å². The summed E-state index contributed by atoms with van der Waals surface area (Å²) in [6.07, 6.45) is 2.24. The van der Waals surface area contributed by atoms with Crippen LogP contribution in [-0.4, -0.2) is 4.57 Å². The van der Waals surface area contributed by atoms with Crippen molar-refractivity contribution < 1.29 is 0 Å². The van der Waals surface area contributed by atoms with Crippen molar-refractivity contribution in [2.45, 2.75) is 30.6 Å². The Morgan fingerprint density at radius 3 is 1.87 bits per heavy atom. The average molecular weight is 703 g/mol. The van der Waals surface area contributed by atoms with Crippen LogP contribution in [0, 0.1) is 0 Å². The van der Waals surface area contributed by atoms with Gasteiger partial charge in [0.15, 0.2) is 0 Å². The molecule has 260 valence electrons. The molecular formula is C53H38N2. The molecule has 2 bridgehead atoms. The zero-order valence-corrected chi connectivity index (χ0v) is 30.7. The molecule has 0 N–H and O–H groups in total. The van der Waals surface area contributed by atoms with Crippen molar-refractivity contribution in [3.05, 3.63) is 216 Å². The molecule has 2 unspecified atom stereocenters. The number of aromatic nitrogens is 1. The van der Waals surface area contributed by atoms with Crippen LogP contribution in [0.25, 0.3) is 49.7 Å². The Kier molecular flexibility index (Phi) is 6.27. The van der Waals surface area contributed by atoms with Gasteiger partial charge in [0.05, 0.1) is 22.4 Å². The van der Waals surface area contributed by atoms with Crippen LogP contribution in [0.1, 0.15) is 47.6 Å². The Hall–Kier alpha value is -6.64. The molecule has 8 aromatic carbocycles. The van der Waals surface area contributed by atoms with Gasteiger partial charge in [-0.1, -0.05) is 134 Å². The van der Waals surface area contributed by atoms with Crippen molar-refractivity contribution >= 4 is 38.9 Å². The number of hydrogen-bond donors (Lipinski definition) is 0. The number of nitrogens with zero attached hydrogens (tertiary/aromatic N) is 2. The molecule has 3 aliphatic carbocycles. The number of para-hydroxylation sites is 2. The van der Waals surface area contributed by atoms with Gasteiger partial charge in [-0.05, 0) is 124 Å². The third-order valence-corrected chi connectivity index (χ3v) is 13.2. The van der Waals surface area contributed by atoms with E-state index in [0.717, 1.165) is 12.8 Å².